The average molecular weight is 619 g/mol. The number of hydrogen-bond donors (Lipinski definition) is 3. The highest BCUT2D eigenvalue weighted by atomic mass is 19.1. The van der Waals surface area contributed by atoms with Crippen LogP contribution in [0.25, 0.3) is 33.0 Å². The van der Waals surface area contributed by atoms with E-state index in [0.29, 0.717) is 35.8 Å². The third kappa shape index (κ3) is 4.49. The van der Waals surface area contributed by atoms with Gasteiger partial charge in [0.1, 0.15) is 41.3 Å². The van der Waals surface area contributed by atoms with Gasteiger partial charge >= 0.3 is 11.6 Å². The van der Waals surface area contributed by atoms with E-state index in [2.05, 4.69) is 22.1 Å². The summed E-state index contributed by atoms with van der Waals surface area (Å²) < 4.78 is 41.8. The van der Waals surface area contributed by atoms with Crippen LogP contribution in [0, 0.1) is 30.5 Å². The van der Waals surface area contributed by atoms with Crippen LogP contribution in [0.4, 0.5) is 14.6 Å². The quantitative estimate of drug-likeness (QED) is 0.263. The fourth-order valence-corrected chi connectivity index (χ4v) is 8.96. The van der Waals surface area contributed by atoms with E-state index in [-0.39, 0.29) is 63.8 Å². The Labute approximate surface area is 258 Å². The normalized spacial score (nSPS) is 30.9. The second-order valence-electron chi connectivity index (χ2n) is 13.6. The minimum absolute atomic E-state index is 0.00402. The molecule has 11 heteroatoms. The van der Waals surface area contributed by atoms with Crippen molar-refractivity contribution in [3.63, 3.8) is 0 Å². The van der Waals surface area contributed by atoms with Gasteiger partial charge in [-0.05, 0) is 74.6 Å². The van der Waals surface area contributed by atoms with Crippen LogP contribution in [0.15, 0.2) is 39.5 Å². The lowest BCUT2D eigenvalue weighted by Gasteiger charge is -2.31. The number of fused-ring (bicyclic) bond motifs is 5. The number of phenols is 1. The molecule has 2 aliphatic carbocycles. The maximum atomic E-state index is 15.2. The number of halogens is 2. The number of aromatic hydroxyl groups is 1. The molecule has 4 fully saturated rings. The predicted molar refractivity (Wildman–Crippen MR) is 165 cm³/mol. The number of rotatable bonds is 6. The van der Waals surface area contributed by atoms with Gasteiger partial charge in [0, 0.05) is 41.4 Å². The molecule has 2 saturated heterocycles. The second-order valence-corrected chi connectivity index (χ2v) is 13.6. The van der Waals surface area contributed by atoms with Gasteiger partial charge in [0.15, 0.2) is 0 Å². The van der Waals surface area contributed by atoms with Gasteiger partial charge in [-0.1, -0.05) is 19.1 Å². The molecule has 4 heterocycles. The van der Waals surface area contributed by atoms with Crippen LogP contribution in [-0.4, -0.2) is 68.6 Å². The number of nitrogens with zero attached hydrogens (tertiary/aromatic N) is 3. The molecule has 45 heavy (non-hydrogen) atoms. The number of aromatic nitrogens is 2. The Hall–Kier alpha value is -3.83. The third-order valence-electron chi connectivity index (χ3n) is 11.1. The molecule has 0 amide bonds. The summed E-state index contributed by atoms with van der Waals surface area (Å²) in [6.07, 6.45) is 2.40. The number of benzene rings is 2. The van der Waals surface area contributed by atoms with Crippen molar-refractivity contribution in [3.05, 3.63) is 52.1 Å². The molecule has 0 spiro atoms. The van der Waals surface area contributed by atoms with Crippen LogP contribution in [0.1, 0.15) is 44.6 Å². The van der Waals surface area contributed by atoms with Crippen molar-refractivity contribution in [1.29, 1.82) is 0 Å². The van der Waals surface area contributed by atoms with Gasteiger partial charge in [-0.15, -0.1) is 0 Å². The van der Waals surface area contributed by atoms with E-state index >= 15 is 4.39 Å². The zero-order valence-electron chi connectivity index (χ0n) is 25.2. The summed E-state index contributed by atoms with van der Waals surface area (Å²) in [6.45, 7) is 5.28. The molecule has 4 unspecified atom stereocenters. The van der Waals surface area contributed by atoms with Crippen LogP contribution in [0.5, 0.6) is 11.8 Å². The zero-order valence-corrected chi connectivity index (χ0v) is 25.2. The highest BCUT2D eigenvalue weighted by molar-refractivity contribution is 6.00. The van der Waals surface area contributed by atoms with Crippen molar-refractivity contribution in [2.24, 2.45) is 17.8 Å². The molecule has 2 saturated carbocycles. The molecule has 0 radical (unpaired) electrons. The summed E-state index contributed by atoms with van der Waals surface area (Å²) in [5.74, 6) is 0.394. The summed E-state index contributed by atoms with van der Waals surface area (Å²) >= 11 is 0. The Kier molecular flexibility index (Phi) is 6.58. The topological polar surface area (TPSA) is 121 Å². The van der Waals surface area contributed by atoms with Crippen molar-refractivity contribution in [1.82, 2.24) is 14.9 Å². The highest BCUT2D eigenvalue weighted by Crippen LogP contribution is 2.50. The summed E-state index contributed by atoms with van der Waals surface area (Å²) in [7, 11) is 0. The average Bonchev–Trinajstić information content (AvgIpc) is 3.69. The minimum atomic E-state index is -0.915. The van der Waals surface area contributed by atoms with Gasteiger partial charge < -0.3 is 24.7 Å². The van der Waals surface area contributed by atoms with Crippen LogP contribution < -0.4 is 15.7 Å². The minimum Gasteiger partial charge on any atom is -0.508 e. The number of anilines is 1. The molecule has 4 aromatic rings. The third-order valence-corrected chi connectivity index (χ3v) is 11.1. The Morgan fingerprint density at radius 2 is 2.07 bits per heavy atom. The molecule has 3 N–H and O–H groups in total. The number of ether oxygens (including phenoxy) is 1. The molecular weight excluding hydrogens is 582 g/mol. The van der Waals surface area contributed by atoms with Gasteiger partial charge in [-0.25, -0.2) is 13.6 Å². The fraction of sp³-hybridized carbons (Fsp3) is 0.500. The Bertz CT molecular complexity index is 1900. The molecule has 8 rings (SSSR count). The summed E-state index contributed by atoms with van der Waals surface area (Å²) in [5, 5.41) is 25.5. The van der Waals surface area contributed by atoms with Crippen LogP contribution in [0.3, 0.4) is 0 Å². The number of nitrogens with one attached hydrogen (secondary N) is 1. The van der Waals surface area contributed by atoms with Gasteiger partial charge in [-0.2, -0.15) is 9.97 Å². The summed E-state index contributed by atoms with van der Waals surface area (Å²) in [4.78, 5) is 25.3. The smallest absolute Gasteiger partial charge is 0.349 e. The molecule has 236 valence electrons. The molecule has 2 aliphatic heterocycles. The van der Waals surface area contributed by atoms with Gasteiger partial charge in [-0.3, -0.25) is 4.90 Å². The molecule has 9 nitrogen and oxygen atoms in total. The number of hydrogen-bond acceptors (Lipinski definition) is 9. The van der Waals surface area contributed by atoms with Crippen molar-refractivity contribution in [2.45, 2.75) is 69.8 Å². The van der Waals surface area contributed by atoms with Gasteiger partial charge in [0.05, 0.1) is 17.2 Å². The number of aryl methyl sites for hydroxylation is 1. The summed E-state index contributed by atoms with van der Waals surface area (Å²) in [6, 6.07) is 7.29. The molecule has 4 aliphatic rings. The molecule has 7 atom stereocenters. The van der Waals surface area contributed by atoms with Crippen molar-refractivity contribution < 1.29 is 28.1 Å². The standard InChI is InChI=1S/C34H36F2N4O5/c1-16-19-10-24(26(16)25(42)11-19)37-31-28-29(38-33(39-31)44-15-34-7-4-8-40(34)14-20(35)13-34)17(2)30(45-32(28)43)22-12-21(41)9-18-5-3-6-23(36)27(18)22/h3,5-6,9,12,16,19-20,24-26,41-42H,4,7-8,10-11,13-15H2,1-2H3,(H,37,38,39)/t16-,19?,20-,24?,25?,26?,34+/m1/s1. The first kappa shape index (κ1) is 28.6. The molecule has 2 bridgehead atoms. The van der Waals surface area contributed by atoms with Crippen LogP contribution in [0.2, 0.25) is 0 Å². The molecular formula is C34H36F2N4O5. The van der Waals surface area contributed by atoms with E-state index in [0.717, 1.165) is 32.2 Å². The van der Waals surface area contributed by atoms with Gasteiger partial charge in [0.2, 0.25) is 0 Å². The highest BCUT2D eigenvalue weighted by Gasteiger charge is 2.51. The van der Waals surface area contributed by atoms with Crippen molar-refractivity contribution in [2.75, 3.05) is 25.0 Å². The number of aliphatic hydroxyl groups excluding tert-OH is 1. The van der Waals surface area contributed by atoms with Crippen LogP contribution in [-0.2, 0) is 0 Å². The Morgan fingerprint density at radius 1 is 1.22 bits per heavy atom. The maximum Gasteiger partial charge on any atom is 0.349 e. The Morgan fingerprint density at radius 3 is 2.87 bits per heavy atom. The van der Waals surface area contributed by atoms with E-state index in [4.69, 9.17) is 14.1 Å². The monoisotopic (exact) mass is 618 g/mol. The van der Waals surface area contributed by atoms with Crippen molar-refractivity contribution in [3.8, 4) is 23.1 Å². The maximum absolute atomic E-state index is 15.2. The van der Waals surface area contributed by atoms with E-state index < -0.39 is 29.3 Å². The van der Waals surface area contributed by atoms with E-state index in [1.165, 1.54) is 18.2 Å². The van der Waals surface area contributed by atoms with E-state index in [1.807, 2.05) is 0 Å². The Balaban J connectivity index is 1.26. The molecule has 2 aromatic carbocycles. The lowest BCUT2D eigenvalue weighted by atomic mass is 9.92. The van der Waals surface area contributed by atoms with Crippen molar-refractivity contribution >= 4 is 27.5 Å². The second kappa shape index (κ2) is 10.3. The summed E-state index contributed by atoms with van der Waals surface area (Å²) in [5.41, 5.74) is -0.208. The predicted octanol–water partition coefficient (Wildman–Crippen LogP) is 5.33. The first-order valence-electron chi connectivity index (χ1n) is 15.9. The number of alkyl halides is 1. The number of phenolic OH excluding ortho intramolecular Hbond substituents is 1. The van der Waals surface area contributed by atoms with Crippen LogP contribution >= 0.6 is 0 Å². The van der Waals surface area contributed by atoms with Gasteiger partial charge in [0.25, 0.3) is 0 Å². The zero-order chi connectivity index (χ0) is 31.2. The first-order valence-corrected chi connectivity index (χ1v) is 15.9. The fourth-order valence-electron chi connectivity index (χ4n) is 8.96. The SMILES string of the molecule is Cc1c(-c2cc(O)cc3cccc(F)c23)oc(=O)c2c(NC3CC4CC(O)C3[C@@H]4C)nc(OC[C@@]34CCCN3C[C@H](F)C4)nc12. The lowest BCUT2D eigenvalue weighted by Crippen LogP contribution is -2.43. The molecule has 2 aromatic heterocycles. The first-order chi connectivity index (χ1) is 21.6. The lowest BCUT2D eigenvalue weighted by molar-refractivity contribution is 0.101. The van der Waals surface area contributed by atoms with E-state index in [1.54, 1.807) is 19.1 Å². The number of aliphatic hydroxyl groups is 1. The van der Waals surface area contributed by atoms with E-state index in [9.17, 15) is 19.4 Å². The largest absolute Gasteiger partial charge is 0.508 e.